The van der Waals surface area contributed by atoms with Crippen molar-refractivity contribution in [1.29, 1.82) is 0 Å². The van der Waals surface area contributed by atoms with E-state index < -0.39 is 0 Å². The van der Waals surface area contributed by atoms with Crippen molar-refractivity contribution >= 4 is 55.8 Å². The van der Waals surface area contributed by atoms with Crippen LogP contribution in [-0.4, -0.2) is 24.9 Å². The van der Waals surface area contributed by atoms with Gasteiger partial charge in [-0.1, -0.05) is 70.0 Å². The molecule has 0 saturated heterocycles. The molecule has 0 atom stereocenters. The van der Waals surface area contributed by atoms with E-state index in [2.05, 4.69) is 42.5 Å². The first kappa shape index (κ1) is 23.1. The number of benzene rings is 2. The minimum absolute atomic E-state index is 0.164. The Labute approximate surface area is 188 Å². The van der Waals surface area contributed by atoms with Crippen LogP contribution >= 0.6 is 31.9 Å². The number of carbonyl (C=O) groups is 2. The van der Waals surface area contributed by atoms with Gasteiger partial charge in [0.2, 0.25) is 11.8 Å². The molecule has 29 heavy (non-hydrogen) atoms. The van der Waals surface area contributed by atoms with E-state index in [0.717, 1.165) is 20.1 Å². The van der Waals surface area contributed by atoms with Crippen LogP contribution in [0.3, 0.4) is 0 Å². The lowest BCUT2D eigenvalue weighted by Crippen LogP contribution is -2.41. The monoisotopic (exact) mass is 518 g/mol. The van der Waals surface area contributed by atoms with Crippen LogP contribution in [0.4, 0.5) is 0 Å². The highest BCUT2D eigenvalue weighted by Gasteiger charge is 2.19. The van der Waals surface area contributed by atoms with Crippen molar-refractivity contribution in [3.63, 3.8) is 0 Å². The number of hydrogen-bond acceptors (Lipinski definition) is 2. The standard InChI is InChI=1S/C23H24Br2N2O2/c1-23(2,15-26-21(28)13-7-17-3-9-19(24)10-4-17)16-27-22(29)14-8-18-5-11-20(25)12-6-18/h3-14H,15-16H2,1-2H3,(H,26,28)(H,27,29)/b13-7+,14-8+. The molecule has 2 amide bonds. The Morgan fingerprint density at radius 2 is 1.10 bits per heavy atom. The molecule has 0 unspecified atom stereocenters. The van der Waals surface area contributed by atoms with Crippen LogP contribution in [0.15, 0.2) is 69.6 Å². The van der Waals surface area contributed by atoms with Crippen LogP contribution < -0.4 is 10.6 Å². The van der Waals surface area contributed by atoms with Gasteiger partial charge in [0.25, 0.3) is 0 Å². The van der Waals surface area contributed by atoms with E-state index in [1.165, 1.54) is 12.2 Å². The average molecular weight is 520 g/mol. The number of amides is 2. The second-order valence-electron chi connectivity index (χ2n) is 7.37. The van der Waals surface area contributed by atoms with E-state index in [1.54, 1.807) is 12.2 Å². The van der Waals surface area contributed by atoms with Gasteiger partial charge in [-0.2, -0.15) is 0 Å². The van der Waals surface area contributed by atoms with E-state index in [1.807, 2.05) is 62.4 Å². The van der Waals surface area contributed by atoms with E-state index in [4.69, 9.17) is 0 Å². The molecular weight excluding hydrogens is 496 g/mol. The lowest BCUT2D eigenvalue weighted by atomic mass is 9.93. The molecular formula is C23H24Br2N2O2. The summed E-state index contributed by atoms with van der Waals surface area (Å²) in [6.07, 6.45) is 6.56. The number of rotatable bonds is 8. The van der Waals surface area contributed by atoms with Gasteiger partial charge in [0, 0.05) is 34.2 Å². The summed E-state index contributed by atoms with van der Waals surface area (Å²) in [5.41, 5.74) is 1.63. The zero-order chi connectivity index (χ0) is 21.3. The van der Waals surface area contributed by atoms with Gasteiger partial charge >= 0.3 is 0 Å². The van der Waals surface area contributed by atoms with Crippen molar-refractivity contribution in [2.24, 2.45) is 5.41 Å². The molecule has 2 aromatic rings. The predicted octanol–water partition coefficient (Wildman–Crippen LogP) is 5.20. The first-order chi connectivity index (χ1) is 13.7. The second kappa shape index (κ2) is 11.1. The summed E-state index contributed by atoms with van der Waals surface area (Å²) in [7, 11) is 0. The van der Waals surface area contributed by atoms with Gasteiger partial charge in [0.15, 0.2) is 0 Å². The van der Waals surface area contributed by atoms with Crippen molar-refractivity contribution in [1.82, 2.24) is 10.6 Å². The summed E-state index contributed by atoms with van der Waals surface area (Å²) in [6.45, 7) is 4.88. The molecule has 0 heterocycles. The molecule has 0 radical (unpaired) electrons. The zero-order valence-electron chi connectivity index (χ0n) is 16.4. The molecule has 2 N–H and O–H groups in total. The van der Waals surface area contributed by atoms with Crippen LogP contribution in [-0.2, 0) is 9.59 Å². The molecule has 0 aromatic heterocycles. The Hall–Kier alpha value is -2.18. The Kier molecular flexibility index (Phi) is 8.86. The summed E-state index contributed by atoms with van der Waals surface area (Å²) in [4.78, 5) is 24.1. The highest BCUT2D eigenvalue weighted by Crippen LogP contribution is 2.14. The summed E-state index contributed by atoms with van der Waals surface area (Å²) >= 11 is 6.76. The summed E-state index contributed by atoms with van der Waals surface area (Å²) < 4.78 is 1.99. The van der Waals surface area contributed by atoms with Crippen LogP contribution in [0, 0.1) is 5.41 Å². The van der Waals surface area contributed by atoms with E-state index in [-0.39, 0.29) is 17.2 Å². The predicted molar refractivity (Wildman–Crippen MR) is 126 cm³/mol. The van der Waals surface area contributed by atoms with Crippen LogP contribution in [0.2, 0.25) is 0 Å². The summed E-state index contributed by atoms with van der Waals surface area (Å²) in [5, 5.41) is 5.77. The fraction of sp³-hybridized carbons (Fsp3) is 0.217. The zero-order valence-corrected chi connectivity index (χ0v) is 19.6. The van der Waals surface area contributed by atoms with Gasteiger partial charge in [-0.3, -0.25) is 9.59 Å². The van der Waals surface area contributed by atoms with Crippen LogP contribution in [0.1, 0.15) is 25.0 Å². The van der Waals surface area contributed by atoms with Gasteiger partial charge in [0.05, 0.1) is 0 Å². The van der Waals surface area contributed by atoms with E-state index in [9.17, 15) is 9.59 Å². The molecule has 0 aliphatic carbocycles. The largest absolute Gasteiger partial charge is 0.352 e. The normalized spacial score (nSPS) is 11.7. The fourth-order valence-electron chi connectivity index (χ4n) is 2.32. The Morgan fingerprint density at radius 3 is 1.45 bits per heavy atom. The maximum absolute atomic E-state index is 12.0. The maximum Gasteiger partial charge on any atom is 0.244 e. The number of nitrogens with one attached hydrogen (secondary N) is 2. The number of halogens is 2. The Morgan fingerprint density at radius 1 is 0.759 bits per heavy atom. The first-order valence-electron chi connectivity index (χ1n) is 9.16. The third-order valence-electron chi connectivity index (χ3n) is 4.08. The molecule has 0 aliphatic heterocycles. The van der Waals surface area contributed by atoms with Crippen LogP contribution in [0.5, 0.6) is 0 Å². The third-order valence-corrected chi connectivity index (χ3v) is 5.13. The van der Waals surface area contributed by atoms with E-state index in [0.29, 0.717) is 13.1 Å². The maximum atomic E-state index is 12.0. The van der Waals surface area contributed by atoms with Crippen molar-refractivity contribution in [2.75, 3.05) is 13.1 Å². The van der Waals surface area contributed by atoms with Crippen molar-refractivity contribution in [3.8, 4) is 0 Å². The fourth-order valence-corrected chi connectivity index (χ4v) is 2.85. The number of hydrogen-bond donors (Lipinski definition) is 2. The molecule has 2 aromatic carbocycles. The molecule has 2 rings (SSSR count). The van der Waals surface area contributed by atoms with Gasteiger partial charge in [-0.05, 0) is 53.0 Å². The SMILES string of the molecule is CC(C)(CNC(=O)/C=C/c1ccc(Br)cc1)CNC(=O)/C=C/c1ccc(Br)cc1. The molecule has 0 aliphatic rings. The van der Waals surface area contributed by atoms with Crippen LogP contribution in [0.25, 0.3) is 12.2 Å². The van der Waals surface area contributed by atoms with Crippen molar-refractivity contribution in [3.05, 3.63) is 80.8 Å². The molecule has 0 bridgehead atoms. The minimum Gasteiger partial charge on any atom is -0.352 e. The molecule has 0 saturated carbocycles. The smallest absolute Gasteiger partial charge is 0.244 e. The van der Waals surface area contributed by atoms with Crippen molar-refractivity contribution in [2.45, 2.75) is 13.8 Å². The minimum atomic E-state index is -0.276. The molecule has 6 heteroatoms. The van der Waals surface area contributed by atoms with E-state index >= 15 is 0 Å². The Bertz CT molecular complexity index is 813. The lowest BCUT2D eigenvalue weighted by Gasteiger charge is -2.24. The molecule has 152 valence electrons. The topological polar surface area (TPSA) is 58.2 Å². The van der Waals surface area contributed by atoms with Gasteiger partial charge in [-0.15, -0.1) is 0 Å². The average Bonchev–Trinajstić information content (AvgIpc) is 2.70. The summed E-state index contributed by atoms with van der Waals surface area (Å²) in [5.74, 6) is -0.329. The third kappa shape index (κ3) is 9.24. The number of carbonyl (C=O) groups excluding carboxylic acids is 2. The Balaban J connectivity index is 1.75. The highest BCUT2D eigenvalue weighted by molar-refractivity contribution is 9.10. The first-order valence-corrected chi connectivity index (χ1v) is 10.8. The molecule has 4 nitrogen and oxygen atoms in total. The highest BCUT2D eigenvalue weighted by atomic mass is 79.9. The molecule has 0 spiro atoms. The lowest BCUT2D eigenvalue weighted by molar-refractivity contribution is -0.116. The van der Waals surface area contributed by atoms with Gasteiger partial charge < -0.3 is 10.6 Å². The van der Waals surface area contributed by atoms with Gasteiger partial charge in [-0.25, -0.2) is 0 Å². The summed E-state index contributed by atoms with van der Waals surface area (Å²) in [6, 6.07) is 15.4. The van der Waals surface area contributed by atoms with Crippen molar-refractivity contribution < 1.29 is 9.59 Å². The molecule has 0 fully saturated rings. The van der Waals surface area contributed by atoms with Gasteiger partial charge in [0.1, 0.15) is 0 Å². The quantitative estimate of drug-likeness (QED) is 0.471. The second-order valence-corrected chi connectivity index (χ2v) is 9.20.